The fourth-order valence-electron chi connectivity index (χ4n) is 1.72. The van der Waals surface area contributed by atoms with E-state index in [-0.39, 0.29) is 16.7 Å². The Labute approximate surface area is 113 Å². The molecule has 19 heavy (non-hydrogen) atoms. The lowest BCUT2D eigenvalue weighted by Crippen LogP contribution is -2.42. The second-order valence-corrected chi connectivity index (χ2v) is 4.81. The van der Waals surface area contributed by atoms with Crippen LogP contribution < -0.4 is 10.9 Å². The molecule has 1 fully saturated rings. The number of hydrazine groups is 1. The molecule has 2 aromatic rings. The predicted octanol–water partition coefficient (Wildman–Crippen LogP) is 1.66. The van der Waals surface area contributed by atoms with Crippen LogP contribution in [0.2, 0.25) is 0 Å². The lowest BCUT2D eigenvalue weighted by molar-refractivity contribution is -0.123. The predicted molar refractivity (Wildman–Crippen MR) is 69.7 cm³/mol. The molecule has 3 rings (SSSR count). The summed E-state index contributed by atoms with van der Waals surface area (Å²) in [5, 5.41) is 0. The van der Waals surface area contributed by atoms with E-state index in [9.17, 15) is 9.59 Å². The molecule has 0 atom stereocenters. The van der Waals surface area contributed by atoms with E-state index < -0.39 is 5.91 Å². The maximum atomic E-state index is 11.8. The van der Waals surface area contributed by atoms with Crippen LogP contribution in [0.15, 0.2) is 22.6 Å². The highest BCUT2D eigenvalue weighted by molar-refractivity contribution is 7.71. The first kappa shape index (κ1) is 11.9. The van der Waals surface area contributed by atoms with Crippen LogP contribution in [0.5, 0.6) is 0 Å². The van der Waals surface area contributed by atoms with Crippen molar-refractivity contribution in [2.45, 2.75) is 12.8 Å². The van der Waals surface area contributed by atoms with Crippen LogP contribution in [0.3, 0.4) is 0 Å². The zero-order chi connectivity index (χ0) is 13.4. The molecule has 6 nitrogen and oxygen atoms in total. The average molecular weight is 277 g/mol. The van der Waals surface area contributed by atoms with Gasteiger partial charge in [0, 0.05) is 11.5 Å². The highest BCUT2D eigenvalue weighted by atomic mass is 32.1. The minimum Gasteiger partial charge on any atom is -0.429 e. The topological polar surface area (TPSA) is 87.1 Å². The van der Waals surface area contributed by atoms with E-state index in [1.54, 1.807) is 18.2 Å². The van der Waals surface area contributed by atoms with Crippen LogP contribution >= 0.6 is 12.2 Å². The molecule has 1 aliphatic carbocycles. The largest absolute Gasteiger partial charge is 0.429 e. The van der Waals surface area contributed by atoms with E-state index in [1.165, 1.54) is 0 Å². The van der Waals surface area contributed by atoms with E-state index in [0.717, 1.165) is 18.4 Å². The van der Waals surface area contributed by atoms with Gasteiger partial charge in [-0.2, -0.15) is 0 Å². The monoisotopic (exact) mass is 277 g/mol. The van der Waals surface area contributed by atoms with Gasteiger partial charge in [-0.1, -0.05) is 0 Å². The number of hydrogen-bond acceptors (Lipinski definition) is 4. The number of rotatable bonds is 2. The molecule has 0 spiro atoms. The van der Waals surface area contributed by atoms with Gasteiger partial charge in [0.05, 0.1) is 5.52 Å². The molecule has 0 radical (unpaired) electrons. The van der Waals surface area contributed by atoms with E-state index in [4.69, 9.17) is 16.6 Å². The molecule has 0 bridgehead atoms. The minimum atomic E-state index is -0.391. The molecule has 3 N–H and O–H groups in total. The Balaban J connectivity index is 1.73. The third-order valence-corrected chi connectivity index (χ3v) is 3.12. The summed E-state index contributed by atoms with van der Waals surface area (Å²) in [6.07, 6.45) is 1.77. The van der Waals surface area contributed by atoms with Crippen molar-refractivity contribution >= 4 is 35.1 Å². The molecule has 7 heteroatoms. The first-order valence-corrected chi connectivity index (χ1v) is 6.27. The summed E-state index contributed by atoms with van der Waals surface area (Å²) in [4.78, 5) is 26.3. The maximum Gasteiger partial charge on any atom is 0.269 e. The summed E-state index contributed by atoms with van der Waals surface area (Å²) >= 11 is 4.86. The van der Waals surface area contributed by atoms with Crippen LogP contribution in [0, 0.1) is 10.8 Å². The Morgan fingerprint density at radius 1 is 1.32 bits per heavy atom. The molecule has 1 saturated carbocycles. The van der Waals surface area contributed by atoms with Gasteiger partial charge in [0.2, 0.25) is 5.91 Å². The van der Waals surface area contributed by atoms with Crippen LogP contribution in [-0.2, 0) is 4.79 Å². The molecule has 2 amide bonds. The van der Waals surface area contributed by atoms with Crippen molar-refractivity contribution in [1.29, 1.82) is 0 Å². The SMILES string of the molecule is O=C(NNC(=O)C1CC1)c1ccc2[nH]c(=S)oc2c1. The van der Waals surface area contributed by atoms with E-state index >= 15 is 0 Å². The Morgan fingerprint density at radius 3 is 2.84 bits per heavy atom. The minimum absolute atomic E-state index is 0.0465. The summed E-state index contributed by atoms with van der Waals surface area (Å²) in [5.41, 5.74) is 6.40. The number of hydrogen-bond donors (Lipinski definition) is 3. The number of nitrogens with one attached hydrogen (secondary N) is 3. The second-order valence-electron chi connectivity index (χ2n) is 4.44. The van der Waals surface area contributed by atoms with Gasteiger partial charge in [0.15, 0.2) is 5.58 Å². The first-order valence-electron chi connectivity index (χ1n) is 5.86. The zero-order valence-corrected chi connectivity index (χ0v) is 10.7. The van der Waals surface area contributed by atoms with Crippen molar-refractivity contribution in [2.24, 2.45) is 5.92 Å². The fourth-order valence-corrected chi connectivity index (χ4v) is 1.92. The number of oxazole rings is 1. The smallest absolute Gasteiger partial charge is 0.269 e. The maximum absolute atomic E-state index is 11.8. The van der Waals surface area contributed by atoms with Gasteiger partial charge < -0.3 is 9.40 Å². The van der Waals surface area contributed by atoms with Crippen molar-refractivity contribution in [1.82, 2.24) is 15.8 Å². The highest BCUT2D eigenvalue weighted by Gasteiger charge is 2.29. The number of fused-ring (bicyclic) bond motifs is 1. The number of carbonyl (C=O) groups excluding carboxylic acids is 2. The van der Waals surface area contributed by atoms with Crippen LogP contribution in [0.4, 0.5) is 0 Å². The molecule has 1 aromatic carbocycles. The van der Waals surface area contributed by atoms with E-state index in [1.807, 2.05) is 0 Å². The zero-order valence-electron chi connectivity index (χ0n) is 9.86. The summed E-state index contributed by atoms with van der Waals surface area (Å²) in [7, 11) is 0. The quantitative estimate of drug-likeness (QED) is 0.575. The van der Waals surface area contributed by atoms with Crippen molar-refractivity contribution in [3.63, 3.8) is 0 Å². The molecular weight excluding hydrogens is 266 g/mol. The Morgan fingerprint density at radius 2 is 2.11 bits per heavy atom. The van der Waals surface area contributed by atoms with Crippen LogP contribution in [0.1, 0.15) is 23.2 Å². The summed E-state index contributed by atoms with van der Waals surface area (Å²) < 4.78 is 5.22. The molecule has 1 heterocycles. The standard InChI is InChI=1S/C12H11N3O3S/c16-10(6-1-2-6)14-15-11(17)7-3-4-8-9(5-7)18-12(19)13-8/h3-6H,1-2H2,(H,13,19)(H,14,16)(H,15,17). The number of aromatic amines is 1. The summed E-state index contributed by atoms with van der Waals surface area (Å²) in [6, 6.07) is 4.90. The molecule has 0 saturated heterocycles. The Bertz CT molecular complexity index is 714. The van der Waals surface area contributed by atoms with Gasteiger partial charge in [0.1, 0.15) is 0 Å². The highest BCUT2D eigenvalue weighted by Crippen LogP contribution is 2.28. The van der Waals surface area contributed by atoms with Crippen molar-refractivity contribution in [2.75, 3.05) is 0 Å². The lowest BCUT2D eigenvalue weighted by Gasteiger charge is -2.06. The molecule has 0 aliphatic heterocycles. The Hall–Kier alpha value is -2.15. The molecule has 0 unspecified atom stereocenters. The summed E-state index contributed by atoms with van der Waals surface area (Å²) in [6.45, 7) is 0. The number of carbonyl (C=O) groups is 2. The van der Waals surface area contributed by atoms with Crippen LogP contribution in [-0.4, -0.2) is 16.8 Å². The van der Waals surface area contributed by atoms with Crippen LogP contribution in [0.25, 0.3) is 11.1 Å². The van der Waals surface area contributed by atoms with Gasteiger partial charge in [-0.3, -0.25) is 20.4 Å². The van der Waals surface area contributed by atoms with E-state index in [0.29, 0.717) is 11.1 Å². The molecule has 1 aliphatic rings. The normalized spacial score (nSPS) is 14.3. The number of amides is 2. The third kappa shape index (κ3) is 2.50. The van der Waals surface area contributed by atoms with Gasteiger partial charge in [-0.05, 0) is 43.3 Å². The number of benzene rings is 1. The lowest BCUT2D eigenvalue weighted by atomic mass is 10.2. The van der Waals surface area contributed by atoms with Crippen molar-refractivity contribution < 1.29 is 14.0 Å². The second kappa shape index (κ2) is 4.51. The summed E-state index contributed by atoms with van der Waals surface area (Å²) in [5.74, 6) is -0.489. The van der Waals surface area contributed by atoms with Crippen molar-refractivity contribution in [3.05, 3.63) is 28.6 Å². The molecular formula is C12H11N3O3S. The van der Waals surface area contributed by atoms with E-state index in [2.05, 4.69) is 15.8 Å². The van der Waals surface area contributed by atoms with Gasteiger partial charge in [0.25, 0.3) is 10.7 Å². The fraction of sp³-hybridized carbons (Fsp3) is 0.250. The van der Waals surface area contributed by atoms with Crippen molar-refractivity contribution in [3.8, 4) is 0 Å². The number of aromatic nitrogens is 1. The number of H-pyrrole nitrogens is 1. The average Bonchev–Trinajstić information content (AvgIpc) is 3.16. The third-order valence-electron chi connectivity index (χ3n) is 2.93. The molecule has 1 aromatic heterocycles. The van der Waals surface area contributed by atoms with Gasteiger partial charge in [-0.25, -0.2) is 0 Å². The van der Waals surface area contributed by atoms with Gasteiger partial charge in [-0.15, -0.1) is 0 Å². The van der Waals surface area contributed by atoms with Gasteiger partial charge >= 0.3 is 0 Å². The molecule has 98 valence electrons. The first-order chi connectivity index (χ1) is 9.13. The Kier molecular flexibility index (Phi) is 2.83.